The Kier molecular flexibility index (Phi) is 18.2. The summed E-state index contributed by atoms with van der Waals surface area (Å²) in [5.74, 6) is 0.644. The van der Waals surface area contributed by atoms with Gasteiger partial charge in [-0.05, 0) is 24.3 Å². The van der Waals surface area contributed by atoms with Crippen LogP contribution in [0.5, 0.6) is 11.5 Å². The van der Waals surface area contributed by atoms with Crippen LogP contribution in [0.2, 0.25) is 0 Å². The van der Waals surface area contributed by atoms with Gasteiger partial charge in [0.25, 0.3) is 0 Å². The second kappa shape index (κ2) is 18.4. The SMILES string of the molecule is C=CCN.C=CCN.Oc1ccccc1.Oc1ccccc1. The molecule has 2 rings (SSSR count). The average molecular weight is 302 g/mol. The molecule has 120 valence electrons. The smallest absolute Gasteiger partial charge is 0.115 e. The molecule has 0 aliphatic heterocycles. The summed E-state index contributed by atoms with van der Waals surface area (Å²) in [6, 6.07) is 17.4. The van der Waals surface area contributed by atoms with Gasteiger partial charge in [0.05, 0.1) is 0 Å². The van der Waals surface area contributed by atoms with Crippen LogP contribution in [-0.4, -0.2) is 23.3 Å². The molecule has 0 atom stereocenters. The number of aromatic hydroxyl groups is 2. The molecule has 0 saturated carbocycles. The highest BCUT2D eigenvalue weighted by Gasteiger charge is 1.75. The summed E-state index contributed by atoms with van der Waals surface area (Å²) in [6.07, 6.45) is 3.31. The first-order valence-electron chi connectivity index (χ1n) is 6.72. The van der Waals surface area contributed by atoms with Crippen LogP contribution >= 0.6 is 0 Å². The normalized spacial score (nSPS) is 7.73. The Morgan fingerprint density at radius 1 is 0.682 bits per heavy atom. The van der Waals surface area contributed by atoms with Crippen LogP contribution in [0, 0.1) is 0 Å². The predicted molar refractivity (Wildman–Crippen MR) is 94.7 cm³/mol. The first-order chi connectivity index (χ1) is 10.6. The molecule has 0 aliphatic rings. The van der Waals surface area contributed by atoms with Crippen LogP contribution in [0.3, 0.4) is 0 Å². The number of rotatable bonds is 2. The molecule has 2 aromatic carbocycles. The van der Waals surface area contributed by atoms with Crippen molar-refractivity contribution in [2.45, 2.75) is 0 Å². The second-order valence-corrected chi connectivity index (χ2v) is 3.72. The van der Waals surface area contributed by atoms with Crippen LogP contribution in [-0.2, 0) is 0 Å². The predicted octanol–water partition coefficient (Wildman–Crippen LogP) is 3.05. The van der Waals surface area contributed by atoms with Gasteiger partial charge < -0.3 is 21.7 Å². The van der Waals surface area contributed by atoms with Crippen molar-refractivity contribution in [3.8, 4) is 11.5 Å². The number of phenolic OH excluding ortho intramolecular Hbond substituents is 2. The maximum atomic E-state index is 8.63. The molecule has 0 bridgehead atoms. The van der Waals surface area contributed by atoms with E-state index in [0.29, 0.717) is 24.6 Å². The van der Waals surface area contributed by atoms with Gasteiger partial charge in [0, 0.05) is 13.1 Å². The van der Waals surface area contributed by atoms with Gasteiger partial charge in [0.1, 0.15) is 11.5 Å². The Hall–Kier alpha value is -2.56. The molecule has 0 amide bonds. The Morgan fingerprint density at radius 3 is 1.00 bits per heavy atom. The van der Waals surface area contributed by atoms with Crippen molar-refractivity contribution in [2.75, 3.05) is 13.1 Å². The lowest BCUT2D eigenvalue weighted by molar-refractivity contribution is 0.475. The number of para-hydroxylation sites is 2. The van der Waals surface area contributed by atoms with Gasteiger partial charge in [0.2, 0.25) is 0 Å². The largest absolute Gasteiger partial charge is 0.508 e. The van der Waals surface area contributed by atoms with Crippen molar-refractivity contribution in [1.29, 1.82) is 0 Å². The quantitative estimate of drug-likeness (QED) is 0.642. The third-order valence-corrected chi connectivity index (χ3v) is 1.85. The lowest BCUT2D eigenvalue weighted by atomic mass is 10.3. The standard InChI is InChI=1S/2C6H6O.2C3H7N/c2*7-6-4-2-1-3-5-6;2*1-2-3-4/h2*1-5,7H;2*2H,1,3-4H2. The van der Waals surface area contributed by atoms with Crippen molar-refractivity contribution in [2.24, 2.45) is 11.5 Å². The van der Waals surface area contributed by atoms with Crippen LogP contribution in [0.25, 0.3) is 0 Å². The minimum atomic E-state index is 0.322. The molecule has 4 nitrogen and oxygen atoms in total. The monoisotopic (exact) mass is 302 g/mol. The number of hydrogen-bond acceptors (Lipinski definition) is 4. The molecule has 0 unspecified atom stereocenters. The van der Waals surface area contributed by atoms with Crippen LogP contribution in [0.15, 0.2) is 86.0 Å². The van der Waals surface area contributed by atoms with E-state index in [1.165, 1.54) is 0 Å². The zero-order valence-electron chi connectivity index (χ0n) is 12.8. The van der Waals surface area contributed by atoms with Crippen molar-refractivity contribution in [3.05, 3.63) is 86.0 Å². The van der Waals surface area contributed by atoms with Gasteiger partial charge in [-0.2, -0.15) is 0 Å². The van der Waals surface area contributed by atoms with Gasteiger partial charge in [-0.3, -0.25) is 0 Å². The first kappa shape index (κ1) is 21.7. The zero-order chi connectivity index (χ0) is 17.1. The van der Waals surface area contributed by atoms with E-state index < -0.39 is 0 Å². The van der Waals surface area contributed by atoms with Crippen molar-refractivity contribution in [3.63, 3.8) is 0 Å². The summed E-state index contributed by atoms with van der Waals surface area (Å²) in [5, 5.41) is 17.3. The fourth-order valence-corrected chi connectivity index (χ4v) is 0.856. The Labute approximate surface area is 133 Å². The van der Waals surface area contributed by atoms with Crippen molar-refractivity contribution >= 4 is 0 Å². The van der Waals surface area contributed by atoms with E-state index in [9.17, 15) is 0 Å². The van der Waals surface area contributed by atoms with Crippen LogP contribution in [0.1, 0.15) is 0 Å². The molecule has 0 aromatic heterocycles. The molecule has 2 aromatic rings. The molecule has 0 heterocycles. The summed E-state index contributed by atoms with van der Waals surface area (Å²) >= 11 is 0. The molecular weight excluding hydrogens is 276 g/mol. The molecule has 0 saturated heterocycles. The van der Waals surface area contributed by atoms with Gasteiger partial charge in [-0.15, -0.1) is 13.2 Å². The third-order valence-electron chi connectivity index (χ3n) is 1.85. The highest BCUT2D eigenvalue weighted by molar-refractivity contribution is 5.19. The van der Waals surface area contributed by atoms with Crippen molar-refractivity contribution in [1.82, 2.24) is 0 Å². The van der Waals surface area contributed by atoms with Gasteiger partial charge in [0.15, 0.2) is 0 Å². The van der Waals surface area contributed by atoms with E-state index in [-0.39, 0.29) is 0 Å². The highest BCUT2D eigenvalue weighted by Crippen LogP contribution is 2.03. The molecule has 0 fully saturated rings. The van der Waals surface area contributed by atoms with Gasteiger partial charge in [-0.1, -0.05) is 48.6 Å². The number of hydrogen-bond donors (Lipinski definition) is 4. The summed E-state index contributed by atoms with van der Waals surface area (Å²) in [5.41, 5.74) is 9.82. The van der Waals surface area contributed by atoms with Crippen LogP contribution < -0.4 is 11.5 Å². The molecular formula is C18H26N2O2. The topological polar surface area (TPSA) is 92.5 Å². The molecule has 6 N–H and O–H groups in total. The Morgan fingerprint density at radius 2 is 0.909 bits per heavy atom. The van der Waals surface area contributed by atoms with E-state index in [1.807, 2.05) is 12.1 Å². The molecule has 22 heavy (non-hydrogen) atoms. The van der Waals surface area contributed by atoms with Gasteiger partial charge >= 0.3 is 0 Å². The highest BCUT2D eigenvalue weighted by atomic mass is 16.3. The maximum Gasteiger partial charge on any atom is 0.115 e. The van der Waals surface area contributed by atoms with Crippen LogP contribution in [0.4, 0.5) is 0 Å². The van der Waals surface area contributed by atoms with E-state index in [2.05, 4.69) is 13.2 Å². The fourth-order valence-electron chi connectivity index (χ4n) is 0.856. The summed E-state index contributed by atoms with van der Waals surface area (Å²) in [4.78, 5) is 0. The summed E-state index contributed by atoms with van der Waals surface area (Å²) in [7, 11) is 0. The zero-order valence-corrected chi connectivity index (χ0v) is 12.8. The summed E-state index contributed by atoms with van der Waals surface area (Å²) < 4.78 is 0. The first-order valence-corrected chi connectivity index (χ1v) is 6.72. The Bertz CT molecular complexity index is 414. The average Bonchev–Trinajstić information content (AvgIpc) is 2.57. The minimum Gasteiger partial charge on any atom is -0.508 e. The minimum absolute atomic E-state index is 0.322. The molecule has 0 spiro atoms. The molecule has 0 aliphatic carbocycles. The van der Waals surface area contributed by atoms with E-state index in [1.54, 1.807) is 60.7 Å². The van der Waals surface area contributed by atoms with E-state index in [0.717, 1.165) is 0 Å². The molecule has 4 heteroatoms. The third kappa shape index (κ3) is 19.8. The van der Waals surface area contributed by atoms with E-state index in [4.69, 9.17) is 21.7 Å². The van der Waals surface area contributed by atoms with Gasteiger partial charge in [-0.25, -0.2) is 0 Å². The lowest BCUT2D eigenvalue weighted by Crippen LogP contribution is -1.90. The fraction of sp³-hybridized carbons (Fsp3) is 0.111. The summed E-state index contributed by atoms with van der Waals surface area (Å²) in [6.45, 7) is 7.87. The maximum absolute atomic E-state index is 8.63. The van der Waals surface area contributed by atoms with Crippen molar-refractivity contribution < 1.29 is 10.2 Å². The van der Waals surface area contributed by atoms with E-state index >= 15 is 0 Å². The second-order valence-electron chi connectivity index (χ2n) is 3.72. The number of nitrogens with two attached hydrogens (primary N) is 2. The lowest BCUT2D eigenvalue weighted by Gasteiger charge is -1.82. The molecule has 0 radical (unpaired) electrons. The Balaban J connectivity index is 0. The number of benzene rings is 2. The number of phenols is 2.